The molecule has 0 N–H and O–H groups in total. The Kier molecular flexibility index (Phi) is 3.65. The van der Waals surface area contributed by atoms with Crippen LogP contribution in [0.1, 0.15) is 24.0 Å². The third kappa shape index (κ3) is 2.40. The fourth-order valence-electron chi connectivity index (χ4n) is 2.99. The Morgan fingerprint density at radius 1 is 1.10 bits per heavy atom. The molecule has 3 rings (SSSR count). The number of fused-ring (bicyclic) bond motifs is 1. The molecule has 3 nitrogen and oxygen atoms in total. The SMILES string of the molecule is CCN1C(=O)[C@H](Cc2ccc(OC)cc2)c2ccccc21. The summed E-state index contributed by atoms with van der Waals surface area (Å²) in [6.45, 7) is 2.74. The van der Waals surface area contributed by atoms with Crippen molar-refractivity contribution in [3.05, 3.63) is 59.7 Å². The summed E-state index contributed by atoms with van der Waals surface area (Å²) in [6.07, 6.45) is 0.732. The predicted molar refractivity (Wildman–Crippen MR) is 83.9 cm³/mol. The summed E-state index contributed by atoms with van der Waals surface area (Å²) < 4.78 is 5.18. The zero-order valence-corrected chi connectivity index (χ0v) is 12.4. The first kappa shape index (κ1) is 13.7. The van der Waals surface area contributed by atoms with Crippen LogP contribution in [0.15, 0.2) is 48.5 Å². The van der Waals surface area contributed by atoms with Crippen molar-refractivity contribution in [1.82, 2.24) is 0 Å². The van der Waals surface area contributed by atoms with Gasteiger partial charge in [-0.25, -0.2) is 0 Å². The zero-order valence-electron chi connectivity index (χ0n) is 12.4. The number of likely N-dealkylation sites (N-methyl/N-ethyl adjacent to an activating group) is 1. The van der Waals surface area contributed by atoms with Crippen LogP contribution in [0, 0.1) is 0 Å². The lowest BCUT2D eigenvalue weighted by Gasteiger charge is -2.15. The molecule has 2 aromatic carbocycles. The second-order valence-electron chi connectivity index (χ2n) is 5.25. The molecule has 0 saturated carbocycles. The normalized spacial score (nSPS) is 17.0. The molecule has 1 aliphatic rings. The maximum atomic E-state index is 12.6. The van der Waals surface area contributed by atoms with Gasteiger partial charge >= 0.3 is 0 Å². The summed E-state index contributed by atoms with van der Waals surface area (Å²) in [5.74, 6) is 0.969. The maximum absolute atomic E-state index is 12.6. The topological polar surface area (TPSA) is 29.5 Å². The molecule has 0 unspecified atom stereocenters. The van der Waals surface area contributed by atoms with Crippen molar-refractivity contribution in [3.8, 4) is 5.75 Å². The Morgan fingerprint density at radius 2 is 1.81 bits per heavy atom. The molecule has 1 aliphatic heterocycles. The first-order valence-electron chi connectivity index (χ1n) is 7.27. The molecule has 1 heterocycles. The van der Waals surface area contributed by atoms with E-state index in [1.165, 1.54) is 0 Å². The minimum Gasteiger partial charge on any atom is -0.497 e. The summed E-state index contributed by atoms with van der Waals surface area (Å²) in [4.78, 5) is 14.5. The average molecular weight is 281 g/mol. The summed E-state index contributed by atoms with van der Waals surface area (Å²) in [6, 6.07) is 16.0. The quantitative estimate of drug-likeness (QED) is 0.859. The molecule has 1 atom stereocenters. The van der Waals surface area contributed by atoms with Gasteiger partial charge in [0, 0.05) is 12.2 Å². The van der Waals surface area contributed by atoms with Crippen LogP contribution >= 0.6 is 0 Å². The molecule has 0 bridgehead atoms. The molecule has 0 fully saturated rings. The number of benzene rings is 2. The van der Waals surface area contributed by atoms with Gasteiger partial charge in [-0.05, 0) is 42.7 Å². The number of hydrogen-bond donors (Lipinski definition) is 0. The number of hydrogen-bond acceptors (Lipinski definition) is 2. The summed E-state index contributed by atoms with van der Waals surface area (Å²) in [7, 11) is 1.66. The zero-order chi connectivity index (χ0) is 14.8. The minimum atomic E-state index is -0.0745. The van der Waals surface area contributed by atoms with Crippen LogP contribution < -0.4 is 9.64 Å². The van der Waals surface area contributed by atoms with Crippen LogP contribution in [0.25, 0.3) is 0 Å². The molecule has 0 aromatic heterocycles. The number of anilines is 1. The van der Waals surface area contributed by atoms with Gasteiger partial charge in [0.2, 0.25) is 5.91 Å². The molecule has 1 amide bonds. The number of methoxy groups -OCH3 is 1. The van der Waals surface area contributed by atoms with E-state index < -0.39 is 0 Å². The number of ether oxygens (including phenoxy) is 1. The van der Waals surface area contributed by atoms with Crippen LogP contribution in [0.3, 0.4) is 0 Å². The van der Waals surface area contributed by atoms with Crippen LogP contribution in [0.4, 0.5) is 5.69 Å². The van der Waals surface area contributed by atoms with E-state index in [0.29, 0.717) is 0 Å². The van der Waals surface area contributed by atoms with Crippen molar-refractivity contribution in [3.63, 3.8) is 0 Å². The molecular weight excluding hydrogens is 262 g/mol. The highest BCUT2D eigenvalue weighted by Gasteiger charge is 2.35. The van der Waals surface area contributed by atoms with Gasteiger partial charge in [-0.2, -0.15) is 0 Å². The van der Waals surface area contributed by atoms with Gasteiger partial charge in [-0.1, -0.05) is 30.3 Å². The van der Waals surface area contributed by atoms with E-state index in [0.717, 1.165) is 35.5 Å². The van der Waals surface area contributed by atoms with Gasteiger partial charge in [0.05, 0.1) is 13.0 Å². The molecule has 0 aliphatic carbocycles. The third-order valence-corrected chi connectivity index (χ3v) is 4.08. The predicted octanol–water partition coefficient (Wildman–Crippen LogP) is 3.39. The Hall–Kier alpha value is -2.29. The molecule has 21 heavy (non-hydrogen) atoms. The van der Waals surface area contributed by atoms with E-state index in [9.17, 15) is 4.79 Å². The van der Waals surface area contributed by atoms with E-state index in [1.807, 2.05) is 54.3 Å². The van der Waals surface area contributed by atoms with Crippen molar-refractivity contribution in [2.45, 2.75) is 19.3 Å². The number of rotatable bonds is 4. The number of para-hydroxylation sites is 1. The van der Waals surface area contributed by atoms with E-state index in [1.54, 1.807) is 7.11 Å². The highest BCUT2D eigenvalue weighted by atomic mass is 16.5. The second-order valence-corrected chi connectivity index (χ2v) is 5.25. The molecule has 0 spiro atoms. The van der Waals surface area contributed by atoms with Gasteiger partial charge in [0.25, 0.3) is 0 Å². The van der Waals surface area contributed by atoms with E-state index >= 15 is 0 Å². The number of amides is 1. The first-order valence-corrected chi connectivity index (χ1v) is 7.27. The van der Waals surface area contributed by atoms with Gasteiger partial charge in [-0.3, -0.25) is 4.79 Å². The lowest BCUT2D eigenvalue weighted by atomic mass is 9.93. The van der Waals surface area contributed by atoms with Crippen LogP contribution in [0.5, 0.6) is 5.75 Å². The fraction of sp³-hybridized carbons (Fsp3) is 0.278. The average Bonchev–Trinajstić information content (AvgIpc) is 2.80. The Bertz CT molecular complexity index is 649. The van der Waals surface area contributed by atoms with Gasteiger partial charge in [0.1, 0.15) is 5.75 Å². The van der Waals surface area contributed by atoms with Crippen LogP contribution in [0.2, 0.25) is 0 Å². The largest absolute Gasteiger partial charge is 0.497 e. The minimum absolute atomic E-state index is 0.0745. The first-order chi connectivity index (χ1) is 10.2. The van der Waals surface area contributed by atoms with Gasteiger partial charge in [0.15, 0.2) is 0 Å². The van der Waals surface area contributed by atoms with Gasteiger partial charge in [-0.15, -0.1) is 0 Å². The van der Waals surface area contributed by atoms with Crippen LogP contribution in [-0.2, 0) is 11.2 Å². The molecule has 0 radical (unpaired) electrons. The van der Waals surface area contributed by atoms with Crippen molar-refractivity contribution < 1.29 is 9.53 Å². The lowest BCUT2D eigenvalue weighted by Crippen LogP contribution is -2.29. The lowest BCUT2D eigenvalue weighted by molar-refractivity contribution is -0.119. The molecule has 3 heteroatoms. The molecular formula is C18H19NO2. The van der Waals surface area contributed by atoms with Crippen molar-refractivity contribution in [2.24, 2.45) is 0 Å². The Labute approximate surface area is 125 Å². The molecule has 108 valence electrons. The highest BCUT2D eigenvalue weighted by Crippen LogP contribution is 2.38. The standard InChI is InChI=1S/C18H19NO2/c1-3-19-17-7-5-4-6-15(17)16(18(19)20)12-13-8-10-14(21-2)11-9-13/h4-11,16H,3,12H2,1-2H3/t16-/m1/s1. The summed E-state index contributed by atoms with van der Waals surface area (Å²) >= 11 is 0. The second kappa shape index (κ2) is 5.60. The summed E-state index contributed by atoms with van der Waals surface area (Å²) in [5, 5.41) is 0. The fourth-order valence-corrected chi connectivity index (χ4v) is 2.99. The van der Waals surface area contributed by atoms with E-state index in [-0.39, 0.29) is 11.8 Å². The highest BCUT2D eigenvalue weighted by molar-refractivity contribution is 6.05. The monoisotopic (exact) mass is 281 g/mol. The van der Waals surface area contributed by atoms with Crippen molar-refractivity contribution >= 4 is 11.6 Å². The van der Waals surface area contributed by atoms with Crippen LogP contribution in [-0.4, -0.2) is 19.6 Å². The Morgan fingerprint density at radius 3 is 2.48 bits per heavy atom. The van der Waals surface area contributed by atoms with Crippen molar-refractivity contribution in [1.29, 1.82) is 0 Å². The van der Waals surface area contributed by atoms with Crippen molar-refractivity contribution in [2.75, 3.05) is 18.6 Å². The number of carbonyl (C=O) groups excluding carboxylic acids is 1. The number of carbonyl (C=O) groups is 1. The third-order valence-electron chi connectivity index (χ3n) is 4.08. The summed E-state index contributed by atoms with van der Waals surface area (Å²) in [5.41, 5.74) is 3.35. The molecule has 0 saturated heterocycles. The smallest absolute Gasteiger partial charge is 0.234 e. The van der Waals surface area contributed by atoms with Gasteiger partial charge < -0.3 is 9.64 Å². The Balaban J connectivity index is 1.89. The molecule has 2 aromatic rings. The van der Waals surface area contributed by atoms with E-state index in [4.69, 9.17) is 4.74 Å². The maximum Gasteiger partial charge on any atom is 0.234 e. The van der Waals surface area contributed by atoms with E-state index in [2.05, 4.69) is 6.07 Å². The number of nitrogens with zero attached hydrogens (tertiary/aromatic N) is 1.